The Balaban J connectivity index is 1.12. The second-order valence-electron chi connectivity index (χ2n) is 15.6. The van der Waals surface area contributed by atoms with Crippen LogP contribution < -0.4 is 0 Å². The van der Waals surface area contributed by atoms with E-state index in [1.165, 1.54) is 103 Å². The second-order valence-corrected chi connectivity index (χ2v) is 15.6. The number of hydrogen-bond acceptors (Lipinski definition) is 1. The van der Waals surface area contributed by atoms with Gasteiger partial charge in [-0.15, -0.1) is 0 Å². The van der Waals surface area contributed by atoms with Gasteiger partial charge in [-0.2, -0.15) is 0 Å². The fourth-order valence-corrected chi connectivity index (χ4v) is 9.99. The van der Waals surface area contributed by atoms with Crippen LogP contribution >= 0.6 is 0 Å². The summed E-state index contributed by atoms with van der Waals surface area (Å²) in [6.45, 7) is 0. The quantitative estimate of drug-likeness (QED) is 0.166. The lowest BCUT2D eigenvalue weighted by Gasteiger charge is -2.17. The summed E-state index contributed by atoms with van der Waals surface area (Å²) >= 11 is 0. The van der Waals surface area contributed by atoms with Crippen LogP contribution in [0.4, 0.5) is 0 Å². The SMILES string of the molecule is c1ccc2cc3c(cc2c1)oc1cc(-c2ccc(-c4cc5ccccc5c5ccccc45)c4ccccc24)cc(-c2ccc4ccc5cccc6ccc2c4c56)c13. The number of benzene rings is 12. The van der Waals surface area contributed by atoms with Crippen molar-refractivity contribution in [3.8, 4) is 33.4 Å². The maximum atomic E-state index is 6.90. The fourth-order valence-electron chi connectivity index (χ4n) is 9.99. The van der Waals surface area contributed by atoms with Crippen LogP contribution in [0, 0.1) is 0 Å². The summed E-state index contributed by atoms with van der Waals surface area (Å²) in [5, 5.41) is 19.9. The third-order valence-electron chi connectivity index (χ3n) is 12.6. The first-order chi connectivity index (χ1) is 28.2. The van der Waals surface area contributed by atoms with Crippen LogP contribution in [-0.4, -0.2) is 0 Å². The summed E-state index contributed by atoms with van der Waals surface area (Å²) < 4.78 is 6.90. The molecule has 13 rings (SSSR count). The molecule has 13 aromatic rings. The Morgan fingerprint density at radius 3 is 1.56 bits per heavy atom. The average molecular weight is 721 g/mol. The summed E-state index contributed by atoms with van der Waals surface area (Å²) in [7, 11) is 0. The molecule has 262 valence electrons. The number of fused-ring (bicyclic) bond motifs is 8. The molecule has 1 aromatic heterocycles. The summed E-state index contributed by atoms with van der Waals surface area (Å²) in [6, 6.07) is 71.7. The van der Waals surface area contributed by atoms with Crippen LogP contribution in [0.1, 0.15) is 0 Å². The van der Waals surface area contributed by atoms with Crippen molar-refractivity contribution in [2.75, 3.05) is 0 Å². The van der Waals surface area contributed by atoms with E-state index in [0.29, 0.717) is 0 Å². The molecule has 0 radical (unpaired) electrons. The van der Waals surface area contributed by atoms with Crippen molar-refractivity contribution in [3.63, 3.8) is 0 Å². The summed E-state index contributed by atoms with van der Waals surface area (Å²) in [6.07, 6.45) is 0. The van der Waals surface area contributed by atoms with Gasteiger partial charge >= 0.3 is 0 Å². The van der Waals surface area contributed by atoms with Crippen LogP contribution in [0.15, 0.2) is 199 Å². The van der Waals surface area contributed by atoms with Gasteiger partial charge in [-0.05, 0) is 139 Å². The first-order valence-corrected chi connectivity index (χ1v) is 19.7. The zero-order valence-corrected chi connectivity index (χ0v) is 30.9. The molecule has 0 saturated carbocycles. The molecule has 0 aliphatic heterocycles. The minimum Gasteiger partial charge on any atom is -0.456 e. The maximum Gasteiger partial charge on any atom is 0.136 e. The third-order valence-corrected chi connectivity index (χ3v) is 12.6. The largest absolute Gasteiger partial charge is 0.456 e. The molecule has 1 heteroatoms. The van der Waals surface area contributed by atoms with Gasteiger partial charge in [0.1, 0.15) is 11.2 Å². The van der Waals surface area contributed by atoms with Crippen LogP contribution in [0.2, 0.25) is 0 Å². The molecule has 0 atom stereocenters. The molecular formula is C56H32O. The first-order valence-electron chi connectivity index (χ1n) is 19.7. The molecule has 1 nitrogen and oxygen atoms in total. The lowest BCUT2D eigenvalue weighted by atomic mass is 9.86. The average Bonchev–Trinajstić information content (AvgIpc) is 3.63. The lowest BCUT2D eigenvalue weighted by Crippen LogP contribution is -1.91. The van der Waals surface area contributed by atoms with Crippen LogP contribution in [0.3, 0.4) is 0 Å². The smallest absolute Gasteiger partial charge is 0.136 e. The van der Waals surface area contributed by atoms with Gasteiger partial charge in [-0.25, -0.2) is 0 Å². The van der Waals surface area contributed by atoms with Crippen molar-refractivity contribution < 1.29 is 4.42 Å². The maximum absolute atomic E-state index is 6.90. The molecule has 12 aromatic carbocycles. The van der Waals surface area contributed by atoms with E-state index in [-0.39, 0.29) is 0 Å². The highest BCUT2D eigenvalue weighted by Gasteiger charge is 2.21. The molecule has 0 saturated heterocycles. The second kappa shape index (κ2) is 11.5. The highest BCUT2D eigenvalue weighted by Crippen LogP contribution is 2.47. The highest BCUT2D eigenvalue weighted by molar-refractivity contribution is 6.28. The summed E-state index contributed by atoms with van der Waals surface area (Å²) in [4.78, 5) is 0. The van der Waals surface area contributed by atoms with E-state index >= 15 is 0 Å². The number of furan rings is 1. The van der Waals surface area contributed by atoms with Gasteiger partial charge in [0.05, 0.1) is 0 Å². The van der Waals surface area contributed by atoms with E-state index in [2.05, 4.69) is 194 Å². The predicted molar refractivity (Wildman–Crippen MR) is 244 cm³/mol. The Bertz CT molecular complexity index is 3790. The zero-order chi connectivity index (χ0) is 37.2. The van der Waals surface area contributed by atoms with Crippen molar-refractivity contribution in [2.45, 2.75) is 0 Å². The van der Waals surface area contributed by atoms with Gasteiger partial charge in [-0.1, -0.05) is 164 Å². The van der Waals surface area contributed by atoms with Crippen molar-refractivity contribution in [3.05, 3.63) is 194 Å². The number of rotatable bonds is 3. The van der Waals surface area contributed by atoms with Gasteiger partial charge in [0.15, 0.2) is 0 Å². The monoisotopic (exact) mass is 720 g/mol. The van der Waals surface area contributed by atoms with Crippen LogP contribution in [-0.2, 0) is 0 Å². The molecular weight excluding hydrogens is 689 g/mol. The molecule has 0 bridgehead atoms. The molecule has 0 spiro atoms. The van der Waals surface area contributed by atoms with Crippen molar-refractivity contribution in [1.82, 2.24) is 0 Å². The van der Waals surface area contributed by atoms with Gasteiger partial charge in [0, 0.05) is 10.8 Å². The Kier molecular flexibility index (Phi) is 6.23. The summed E-state index contributed by atoms with van der Waals surface area (Å²) in [5.41, 5.74) is 9.01. The Morgan fingerprint density at radius 1 is 0.228 bits per heavy atom. The molecule has 57 heavy (non-hydrogen) atoms. The standard InChI is InChI=1S/C56H32O/c1-2-11-37-31-52-51(28-36(37)10-1)56-50(47-24-22-35-21-20-33-13-9-14-34-23-25-48(47)55(35)54(33)34)30-39(32-53(56)57-52)41-26-27-46(44-18-7-5-17-43(41)44)49-29-38-12-3-4-15-40(38)42-16-6-8-19-45(42)49/h1-32H. The predicted octanol–water partition coefficient (Wildman–Crippen LogP) is 16.1. The number of hydrogen-bond donors (Lipinski definition) is 0. The molecule has 1 heterocycles. The molecule has 0 amide bonds. The third kappa shape index (κ3) is 4.40. The molecule has 0 aliphatic rings. The van der Waals surface area contributed by atoms with E-state index in [1.807, 2.05) is 0 Å². The molecule has 0 unspecified atom stereocenters. The van der Waals surface area contributed by atoms with E-state index in [4.69, 9.17) is 4.42 Å². The van der Waals surface area contributed by atoms with Crippen molar-refractivity contribution in [2.24, 2.45) is 0 Å². The van der Waals surface area contributed by atoms with Gasteiger partial charge in [0.25, 0.3) is 0 Å². The Morgan fingerprint density at radius 2 is 0.772 bits per heavy atom. The Labute approximate surface area is 328 Å². The lowest BCUT2D eigenvalue weighted by molar-refractivity contribution is 0.669. The van der Waals surface area contributed by atoms with E-state index in [1.54, 1.807) is 0 Å². The van der Waals surface area contributed by atoms with Crippen LogP contribution in [0.25, 0.3) is 131 Å². The topological polar surface area (TPSA) is 13.1 Å². The van der Waals surface area contributed by atoms with Gasteiger partial charge < -0.3 is 4.42 Å². The van der Waals surface area contributed by atoms with Gasteiger partial charge in [-0.3, -0.25) is 0 Å². The zero-order valence-electron chi connectivity index (χ0n) is 30.9. The normalized spacial score (nSPS) is 12.2. The molecule has 0 aliphatic carbocycles. The first kappa shape index (κ1) is 30.8. The minimum atomic E-state index is 0.896. The van der Waals surface area contributed by atoms with Gasteiger partial charge in [0.2, 0.25) is 0 Å². The molecule has 0 fully saturated rings. The van der Waals surface area contributed by atoms with Crippen LogP contribution in [0.5, 0.6) is 0 Å². The Hall–Kier alpha value is -7.48. The molecule has 0 N–H and O–H groups in total. The minimum absolute atomic E-state index is 0.896. The van der Waals surface area contributed by atoms with E-state index in [9.17, 15) is 0 Å². The van der Waals surface area contributed by atoms with Crippen molar-refractivity contribution >= 4 is 97.3 Å². The van der Waals surface area contributed by atoms with Crippen molar-refractivity contribution in [1.29, 1.82) is 0 Å². The summed E-state index contributed by atoms with van der Waals surface area (Å²) in [5.74, 6) is 0. The highest BCUT2D eigenvalue weighted by atomic mass is 16.3. The van der Waals surface area contributed by atoms with E-state index in [0.717, 1.165) is 27.5 Å². The fraction of sp³-hybridized carbons (Fsp3) is 0. The van der Waals surface area contributed by atoms with E-state index < -0.39 is 0 Å².